The van der Waals surface area contributed by atoms with Gasteiger partial charge >= 0.3 is 0 Å². The van der Waals surface area contributed by atoms with Crippen LogP contribution in [-0.2, 0) is 0 Å². The van der Waals surface area contributed by atoms with Crippen LogP contribution in [0.25, 0.3) is 0 Å². The summed E-state index contributed by atoms with van der Waals surface area (Å²) in [5.74, 6) is 0. The van der Waals surface area contributed by atoms with Crippen LogP contribution < -0.4 is 5.32 Å². The second kappa shape index (κ2) is 7.27. The molecule has 0 aliphatic carbocycles. The number of halogens is 1. The zero-order chi connectivity index (χ0) is 11.8. The van der Waals surface area contributed by atoms with Gasteiger partial charge in [0.25, 0.3) is 0 Å². The Morgan fingerprint density at radius 3 is 2.27 bits per heavy atom. The molecule has 0 aromatic heterocycles. The topological polar surface area (TPSA) is 39.1 Å². The van der Waals surface area contributed by atoms with E-state index in [9.17, 15) is 0 Å². The average Bonchev–Trinajstić information content (AvgIpc) is 2.16. The molecule has 0 aliphatic heterocycles. The van der Waals surface area contributed by atoms with Gasteiger partial charge in [-0.05, 0) is 39.3 Å². The molecule has 0 saturated heterocycles. The minimum Gasteiger partial charge on any atom is -0.387 e. The van der Waals surface area contributed by atoms with Gasteiger partial charge in [-0.2, -0.15) is 5.26 Å². The molecule has 0 amide bonds. The molecule has 4 heteroatoms. The van der Waals surface area contributed by atoms with Crippen molar-refractivity contribution in [2.24, 2.45) is 0 Å². The highest BCUT2D eigenvalue weighted by molar-refractivity contribution is 9.10. The van der Waals surface area contributed by atoms with Gasteiger partial charge in [-0.1, -0.05) is 15.9 Å². The van der Waals surface area contributed by atoms with Crippen molar-refractivity contribution in [3.63, 3.8) is 0 Å². The molecule has 3 nitrogen and oxygen atoms in total. The van der Waals surface area contributed by atoms with Gasteiger partial charge in [-0.25, -0.2) is 0 Å². The third-order valence-corrected chi connectivity index (χ3v) is 1.86. The van der Waals surface area contributed by atoms with Crippen LogP contribution in [0.1, 0.15) is 5.56 Å². The van der Waals surface area contributed by atoms with Gasteiger partial charge in [0.2, 0.25) is 0 Å². The summed E-state index contributed by atoms with van der Waals surface area (Å²) in [5, 5.41) is 11.6. The first-order valence-corrected chi connectivity index (χ1v) is 5.29. The predicted molar refractivity (Wildman–Crippen MR) is 68.0 cm³/mol. The number of nitrogens with zero attached hydrogens (tertiary/aromatic N) is 2. The van der Waals surface area contributed by atoms with Crippen molar-refractivity contribution in [3.8, 4) is 6.07 Å². The fraction of sp³-hybridized carbons (Fsp3) is 0.364. The fourth-order valence-corrected chi connectivity index (χ4v) is 1.19. The Kier molecular flexibility index (Phi) is 6.76. The fourth-order valence-electron chi connectivity index (χ4n) is 0.827. The first kappa shape index (κ1) is 13.9. The molecular weight excluding hydrogens is 254 g/mol. The number of benzene rings is 1. The van der Waals surface area contributed by atoms with Crippen LogP contribution >= 0.6 is 15.9 Å². The van der Waals surface area contributed by atoms with Crippen LogP contribution in [0.15, 0.2) is 22.7 Å². The molecule has 1 N–H and O–H groups in total. The standard InChI is InChI=1S/C8H7BrN2.C3H9N/c1-11-8-3-2-7(9)4-6(8)5-10;1-4(2)3/h2-4,11H,1H3;1-3H3. The van der Waals surface area contributed by atoms with E-state index >= 15 is 0 Å². The van der Waals surface area contributed by atoms with E-state index in [0.29, 0.717) is 5.56 Å². The summed E-state index contributed by atoms with van der Waals surface area (Å²) < 4.78 is 0.924. The van der Waals surface area contributed by atoms with E-state index in [0.717, 1.165) is 10.2 Å². The molecule has 0 heterocycles. The summed E-state index contributed by atoms with van der Waals surface area (Å²) in [5.41, 5.74) is 1.51. The lowest BCUT2D eigenvalue weighted by Gasteiger charge is -2.01. The maximum absolute atomic E-state index is 8.66. The van der Waals surface area contributed by atoms with E-state index in [1.165, 1.54) is 0 Å². The second-order valence-electron chi connectivity index (χ2n) is 3.39. The van der Waals surface area contributed by atoms with Crippen LogP contribution in [-0.4, -0.2) is 33.1 Å². The Balaban J connectivity index is 0.000000423. The van der Waals surface area contributed by atoms with E-state index < -0.39 is 0 Å². The highest BCUT2D eigenvalue weighted by Crippen LogP contribution is 2.19. The third kappa shape index (κ3) is 6.10. The van der Waals surface area contributed by atoms with Crippen molar-refractivity contribution in [2.45, 2.75) is 0 Å². The number of nitriles is 1. The number of hydrogen-bond acceptors (Lipinski definition) is 3. The molecule has 82 valence electrons. The Hall–Kier alpha value is -1.05. The molecule has 1 rings (SSSR count). The van der Waals surface area contributed by atoms with Crippen molar-refractivity contribution in [1.82, 2.24) is 4.90 Å². The van der Waals surface area contributed by atoms with E-state index in [1.54, 1.807) is 13.1 Å². The predicted octanol–water partition coefficient (Wildman–Crippen LogP) is 2.54. The quantitative estimate of drug-likeness (QED) is 0.852. The van der Waals surface area contributed by atoms with Crippen LogP contribution in [0.2, 0.25) is 0 Å². The summed E-state index contributed by atoms with van der Waals surface area (Å²) in [7, 11) is 7.80. The zero-order valence-electron chi connectivity index (χ0n) is 9.50. The number of rotatable bonds is 1. The highest BCUT2D eigenvalue weighted by Gasteiger charge is 1.98. The third-order valence-electron chi connectivity index (χ3n) is 1.37. The van der Waals surface area contributed by atoms with Gasteiger partial charge in [0, 0.05) is 11.5 Å². The van der Waals surface area contributed by atoms with Crippen LogP contribution in [0, 0.1) is 11.3 Å². The normalized spacial score (nSPS) is 8.87. The maximum atomic E-state index is 8.66. The second-order valence-corrected chi connectivity index (χ2v) is 4.31. The molecule has 1 aromatic carbocycles. The van der Waals surface area contributed by atoms with Crippen LogP contribution in [0.4, 0.5) is 5.69 Å². The minimum atomic E-state index is 0.655. The van der Waals surface area contributed by atoms with Gasteiger partial charge < -0.3 is 10.2 Å². The Morgan fingerprint density at radius 1 is 1.33 bits per heavy atom. The Morgan fingerprint density at radius 2 is 1.87 bits per heavy atom. The van der Waals surface area contributed by atoms with Crippen molar-refractivity contribution < 1.29 is 0 Å². The Labute approximate surface area is 99.8 Å². The maximum Gasteiger partial charge on any atom is 0.101 e. The molecule has 1 aromatic rings. The molecule has 0 fully saturated rings. The van der Waals surface area contributed by atoms with Crippen molar-refractivity contribution in [3.05, 3.63) is 28.2 Å². The van der Waals surface area contributed by atoms with Crippen LogP contribution in [0.3, 0.4) is 0 Å². The SMILES string of the molecule is CN(C)C.CNc1ccc(Br)cc1C#N. The minimum absolute atomic E-state index is 0.655. The van der Waals surface area contributed by atoms with E-state index in [4.69, 9.17) is 5.26 Å². The largest absolute Gasteiger partial charge is 0.387 e. The number of hydrogen-bond donors (Lipinski definition) is 1. The molecule has 0 aliphatic rings. The first-order valence-electron chi connectivity index (χ1n) is 4.49. The van der Waals surface area contributed by atoms with E-state index in [1.807, 2.05) is 38.2 Å². The summed E-state index contributed by atoms with van der Waals surface area (Å²) in [6, 6.07) is 7.64. The van der Waals surface area contributed by atoms with E-state index in [2.05, 4.69) is 27.3 Å². The lowest BCUT2D eigenvalue weighted by Crippen LogP contribution is -1.99. The van der Waals surface area contributed by atoms with Crippen molar-refractivity contribution in [2.75, 3.05) is 33.5 Å². The molecular formula is C11H16BrN3. The van der Waals surface area contributed by atoms with E-state index in [-0.39, 0.29) is 0 Å². The van der Waals surface area contributed by atoms with Gasteiger partial charge in [-0.3, -0.25) is 0 Å². The first-order chi connectivity index (χ1) is 7.01. The lowest BCUT2D eigenvalue weighted by atomic mass is 10.2. The summed E-state index contributed by atoms with van der Waals surface area (Å²) >= 11 is 3.29. The molecule has 0 spiro atoms. The molecule has 0 atom stereocenters. The summed E-state index contributed by atoms with van der Waals surface area (Å²) in [6.45, 7) is 0. The van der Waals surface area contributed by atoms with Gasteiger partial charge in [0.1, 0.15) is 6.07 Å². The summed E-state index contributed by atoms with van der Waals surface area (Å²) in [4.78, 5) is 2.00. The number of anilines is 1. The molecule has 0 radical (unpaired) electrons. The smallest absolute Gasteiger partial charge is 0.101 e. The van der Waals surface area contributed by atoms with Crippen molar-refractivity contribution >= 4 is 21.6 Å². The average molecular weight is 270 g/mol. The molecule has 15 heavy (non-hydrogen) atoms. The van der Waals surface area contributed by atoms with Gasteiger partial charge in [0.05, 0.1) is 11.3 Å². The molecule has 0 bridgehead atoms. The summed E-state index contributed by atoms with van der Waals surface area (Å²) in [6.07, 6.45) is 0. The molecule has 0 unspecified atom stereocenters. The van der Waals surface area contributed by atoms with Crippen molar-refractivity contribution in [1.29, 1.82) is 5.26 Å². The lowest BCUT2D eigenvalue weighted by molar-refractivity contribution is 0.505. The monoisotopic (exact) mass is 269 g/mol. The van der Waals surface area contributed by atoms with Crippen LogP contribution in [0.5, 0.6) is 0 Å². The Bertz CT molecular complexity index is 339. The van der Waals surface area contributed by atoms with Gasteiger partial charge in [0.15, 0.2) is 0 Å². The molecule has 0 saturated carbocycles. The highest BCUT2D eigenvalue weighted by atomic mass is 79.9. The number of nitrogens with one attached hydrogen (secondary N) is 1. The van der Waals surface area contributed by atoms with Gasteiger partial charge in [-0.15, -0.1) is 0 Å². The zero-order valence-corrected chi connectivity index (χ0v) is 11.1.